The first-order valence-electron chi connectivity index (χ1n) is 10.3. The molecule has 0 atom stereocenters. The van der Waals surface area contributed by atoms with Gasteiger partial charge in [0, 0.05) is 10.9 Å². The Morgan fingerprint density at radius 1 is 0.909 bits per heavy atom. The highest BCUT2D eigenvalue weighted by Crippen LogP contribution is 2.36. The fraction of sp³-hybridized carbons (Fsp3) is 0.115. The second kappa shape index (κ2) is 9.40. The highest BCUT2D eigenvalue weighted by atomic mass is 16.5. The number of hydrazine groups is 1. The molecule has 4 aromatic rings. The maximum absolute atomic E-state index is 13.6. The van der Waals surface area contributed by atoms with Crippen molar-refractivity contribution in [2.24, 2.45) is 0 Å². The number of pyridine rings is 1. The number of anilines is 1. The molecule has 0 aliphatic rings. The van der Waals surface area contributed by atoms with Gasteiger partial charge in [0.1, 0.15) is 5.69 Å². The Kier molecular flexibility index (Phi) is 6.22. The third kappa shape index (κ3) is 4.34. The number of carbonyl (C=O) groups excluding carboxylic acids is 2. The van der Waals surface area contributed by atoms with E-state index in [4.69, 9.17) is 14.5 Å². The van der Waals surface area contributed by atoms with Gasteiger partial charge in [-0.1, -0.05) is 60.7 Å². The highest BCUT2D eigenvalue weighted by molar-refractivity contribution is 6.12. The van der Waals surface area contributed by atoms with E-state index in [1.54, 1.807) is 24.3 Å². The quantitative estimate of drug-likeness (QED) is 0.444. The van der Waals surface area contributed by atoms with Crippen LogP contribution >= 0.6 is 0 Å². The van der Waals surface area contributed by atoms with Crippen LogP contribution in [-0.2, 0) is 4.74 Å². The summed E-state index contributed by atoms with van der Waals surface area (Å²) < 4.78 is 10.6. The van der Waals surface area contributed by atoms with E-state index in [-0.39, 0.29) is 5.56 Å². The summed E-state index contributed by atoms with van der Waals surface area (Å²) in [6, 6.07) is 24.0. The second-order valence-corrected chi connectivity index (χ2v) is 7.34. The number of para-hydroxylation sites is 1. The zero-order valence-corrected chi connectivity index (χ0v) is 18.5. The molecule has 166 valence electrons. The van der Waals surface area contributed by atoms with Gasteiger partial charge in [0.25, 0.3) is 5.91 Å². The topological polar surface area (TPSA) is 80.8 Å². The zero-order chi connectivity index (χ0) is 23.4. The molecule has 0 aliphatic heterocycles. The summed E-state index contributed by atoms with van der Waals surface area (Å²) in [6.07, 6.45) is -0.727. The molecule has 2 amide bonds. The summed E-state index contributed by atoms with van der Waals surface area (Å²) in [7, 11) is 2.75. The van der Waals surface area contributed by atoms with E-state index in [1.165, 1.54) is 14.2 Å². The Labute approximate surface area is 191 Å². The maximum Gasteiger partial charge on any atom is 0.433 e. The van der Waals surface area contributed by atoms with Crippen molar-refractivity contribution in [3.05, 3.63) is 90.0 Å². The number of nitrogens with one attached hydrogen (secondary N) is 1. The first-order valence-corrected chi connectivity index (χ1v) is 10.3. The van der Waals surface area contributed by atoms with Crippen LogP contribution in [0.5, 0.6) is 5.75 Å². The molecule has 7 nitrogen and oxygen atoms in total. The third-order valence-electron chi connectivity index (χ3n) is 5.16. The van der Waals surface area contributed by atoms with Crippen molar-refractivity contribution in [1.82, 2.24) is 10.4 Å². The highest BCUT2D eigenvalue weighted by Gasteiger charge is 2.26. The molecule has 1 N–H and O–H groups in total. The van der Waals surface area contributed by atoms with Crippen molar-refractivity contribution in [2.45, 2.75) is 6.92 Å². The molecule has 1 heterocycles. The van der Waals surface area contributed by atoms with E-state index in [9.17, 15) is 9.59 Å². The van der Waals surface area contributed by atoms with Crippen LogP contribution in [0.25, 0.3) is 22.2 Å². The van der Waals surface area contributed by atoms with Gasteiger partial charge in [-0.25, -0.2) is 9.78 Å². The van der Waals surface area contributed by atoms with Gasteiger partial charge in [-0.3, -0.25) is 10.2 Å². The van der Waals surface area contributed by atoms with E-state index in [1.807, 2.05) is 61.5 Å². The normalized spacial score (nSPS) is 10.5. The Hall–Kier alpha value is -4.39. The summed E-state index contributed by atoms with van der Waals surface area (Å²) in [4.78, 5) is 30.9. The van der Waals surface area contributed by atoms with E-state index in [0.29, 0.717) is 28.0 Å². The molecule has 1 aromatic heterocycles. The molecule has 0 fully saturated rings. The van der Waals surface area contributed by atoms with E-state index in [0.717, 1.165) is 16.1 Å². The monoisotopic (exact) mass is 441 g/mol. The first kappa shape index (κ1) is 21.8. The molecule has 7 heteroatoms. The molecule has 0 bridgehead atoms. The van der Waals surface area contributed by atoms with Crippen molar-refractivity contribution >= 4 is 28.6 Å². The van der Waals surface area contributed by atoms with Crippen LogP contribution in [0.15, 0.2) is 78.9 Å². The van der Waals surface area contributed by atoms with Crippen molar-refractivity contribution in [2.75, 3.05) is 19.2 Å². The number of aromatic nitrogens is 1. The van der Waals surface area contributed by atoms with Gasteiger partial charge in [-0.05, 0) is 30.7 Å². The molecule has 0 unspecified atom stereocenters. The molecule has 0 saturated heterocycles. The number of hydrogen-bond donors (Lipinski definition) is 1. The van der Waals surface area contributed by atoms with Crippen molar-refractivity contribution in [3.8, 4) is 17.0 Å². The molecule has 0 saturated carbocycles. The summed E-state index contributed by atoms with van der Waals surface area (Å²) in [5, 5.41) is 1.67. The van der Waals surface area contributed by atoms with Crippen molar-refractivity contribution in [3.63, 3.8) is 0 Å². The molecule has 4 rings (SSSR count). The van der Waals surface area contributed by atoms with Gasteiger partial charge in [0.2, 0.25) is 0 Å². The van der Waals surface area contributed by atoms with E-state index >= 15 is 0 Å². The summed E-state index contributed by atoms with van der Waals surface area (Å²) in [5.41, 5.74) is 6.31. The second-order valence-electron chi connectivity index (χ2n) is 7.34. The van der Waals surface area contributed by atoms with Crippen LogP contribution in [0.4, 0.5) is 10.5 Å². The minimum atomic E-state index is -0.727. The number of fused-ring (bicyclic) bond motifs is 1. The molecular weight excluding hydrogens is 418 g/mol. The van der Waals surface area contributed by atoms with Crippen LogP contribution in [-0.4, -0.2) is 31.2 Å². The van der Waals surface area contributed by atoms with Gasteiger partial charge in [0.15, 0.2) is 5.75 Å². The average molecular weight is 441 g/mol. The van der Waals surface area contributed by atoms with Crippen molar-refractivity contribution < 1.29 is 19.1 Å². The number of amides is 2. The number of ether oxygens (including phenoxy) is 2. The first-order chi connectivity index (χ1) is 16.0. The number of hydrogen-bond acceptors (Lipinski definition) is 5. The number of benzene rings is 3. The maximum atomic E-state index is 13.6. The summed E-state index contributed by atoms with van der Waals surface area (Å²) in [5.74, 6) is -0.221. The lowest BCUT2D eigenvalue weighted by Crippen LogP contribution is -2.46. The van der Waals surface area contributed by atoms with Crippen LogP contribution in [0.1, 0.15) is 15.9 Å². The molecule has 0 aliphatic carbocycles. The SMILES string of the molecule is COC(=O)N(NC(=O)c1c(OC)c(-c2ccccc2)nc2ccccc12)c1cccc(C)c1. The van der Waals surface area contributed by atoms with Crippen LogP contribution in [0.3, 0.4) is 0 Å². The van der Waals surface area contributed by atoms with Crippen LogP contribution < -0.4 is 15.2 Å². The Morgan fingerprint density at radius 2 is 1.64 bits per heavy atom. The number of methoxy groups -OCH3 is 2. The Morgan fingerprint density at radius 3 is 2.33 bits per heavy atom. The Bertz CT molecular complexity index is 1320. The van der Waals surface area contributed by atoms with Crippen LogP contribution in [0, 0.1) is 6.92 Å². The van der Waals surface area contributed by atoms with Gasteiger partial charge in [0.05, 0.1) is 31.0 Å². The zero-order valence-electron chi connectivity index (χ0n) is 18.5. The fourth-order valence-corrected chi connectivity index (χ4v) is 3.64. The lowest BCUT2D eigenvalue weighted by Gasteiger charge is -2.23. The Balaban J connectivity index is 1.87. The largest absolute Gasteiger partial charge is 0.494 e. The van der Waals surface area contributed by atoms with Crippen LogP contribution in [0.2, 0.25) is 0 Å². The lowest BCUT2D eigenvalue weighted by atomic mass is 10.0. The van der Waals surface area contributed by atoms with E-state index in [2.05, 4.69) is 5.43 Å². The predicted octanol–water partition coefficient (Wildman–Crippen LogP) is 5.14. The minimum absolute atomic E-state index is 0.267. The smallest absolute Gasteiger partial charge is 0.433 e. The van der Waals surface area contributed by atoms with Crippen molar-refractivity contribution in [1.29, 1.82) is 0 Å². The molecule has 3 aromatic carbocycles. The van der Waals surface area contributed by atoms with Gasteiger partial charge in [-0.15, -0.1) is 0 Å². The predicted molar refractivity (Wildman–Crippen MR) is 127 cm³/mol. The molecular formula is C26H23N3O4. The molecule has 33 heavy (non-hydrogen) atoms. The fourth-order valence-electron chi connectivity index (χ4n) is 3.64. The standard InChI is InChI=1S/C26H23N3O4/c1-17-10-9-13-19(16-17)29(26(31)33-3)28-25(30)22-20-14-7-8-15-21(20)27-23(24(22)32-2)18-11-5-4-6-12-18/h4-16H,1-3H3,(H,28,30). The number of rotatable bonds is 4. The minimum Gasteiger partial charge on any atom is -0.494 e. The third-order valence-corrected chi connectivity index (χ3v) is 5.16. The van der Waals surface area contributed by atoms with Gasteiger partial charge in [-0.2, -0.15) is 5.01 Å². The molecule has 0 radical (unpaired) electrons. The summed E-state index contributed by atoms with van der Waals surface area (Å²) in [6.45, 7) is 1.90. The van der Waals surface area contributed by atoms with Gasteiger partial charge < -0.3 is 9.47 Å². The van der Waals surface area contributed by atoms with Gasteiger partial charge >= 0.3 is 6.09 Å². The number of nitrogens with zero attached hydrogens (tertiary/aromatic N) is 2. The number of carbonyl (C=O) groups is 2. The average Bonchev–Trinajstić information content (AvgIpc) is 2.85. The number of aryl methyl sites for hydroxylation is 1. The van der Waals surface area contributed by atoms with E-state index < -0.39 is 12.0 Å². The molecule has 0 spiro atoms. The summed E-state index contributed by atoms with van der Waals surface area (Å²) >= 11 is 0. The lowest BCUT2D eigenvalue weighted by molar-refractivity contribution is 0.0939.